The van der Waals surface area contributed by atoms with Crippen molar-refractivity contribution in [2.24, 2.45) is 0 Å². The molecule has 0 radical (unpaired) electrons. The molecule has 2 amide bonds. The molecular formula is C19H21N3O5. The molecule has 1 aliphatic rings. The van der Waals surface area contributed by atoms with Gasteiger partial charge < -0.3 is 20.8 Å². The van der Waals surface area contributed by atoms with Gasteiger partial charge in [0.25, 0.3) is 11.8 Å². The number of hydrogen-bond acceptors (Lipinski definition) is 6. The number of nitrogens with one attached hydrogen (secondary N) is 3. The molecule has 1 saturated heterocycles. The highest BCUT2D eigenvalue weighted by Crippen LogP contribution is 2.20. The summed E-state index contributed by atoms with van der Waals surface area (Å²) in [6, 6.07) is 5.02. The van der Waals surface area contributed by atoms with Gasteiger partial charge in [0.15, 0.2) is 0 Å². The quantitative estimate of drug-likeness (QED) is 0.218. The van der Waals surface area contributed by atoms with Crippen molar-refractivity contribution >= 4 is 11.8 Å². The zero-order chi connectivity index (χ0) is 19.7. The van der Waals surface area contributed by atoms with Crippen molar-refractivity contribution < 1.29 is 25.0 Å². The predicted octanol–water partition coefficient (Wildman–Crippen LogP) is -1.25. The van der Waals surface area contributed by atoms with Crippen molar-refractivity contribution in [3.05, 3.63) is 35.4 Å². The molecule has 142 valence electrons. The molecule has 8 nitrogen and oxygen atoms in total. The number of rotatable bonds is 5. The second-order valence-electron chi connectivity index (χ2n) is 6.02. The Labute approximate surface area is 156 Å². The van der Waals surface area contributed by atoms with E-state index in [4.69, 9.17) is 10.3 Å². The van der Waals surface area contributed by atoms with Gasteiger partial charge in [-0.05, 0) is 49.1 Å². The summed E-state index contributed by atoms with van der Waals surface area (Å²) in [5.74, 6) is 9.27. The highest BCUT2D eigenvalue weighted by molar-refractivity contribution is 5.98. The van der Waals surface area contributed by atoms with E-state index in [9.17, 15) is 14.7 Å². The molecular weight excluding hydrogens is 350 g/mol. The Bertz CT molecular complexity index is 793. The Morgan fingerprint density at radius 2 is 2.00 bits per heavy atom. The van der Waals surface area contributed by atoms with Crippen LogP contribution in [-0.2, 0) is 4.79 Å². The molecule has 1 fully saturated rings. The fraction of sp³-hybridized carbons (Fsp3) is 0.368. The minimum Gasteiger partial charge on any atom is -0.395 e. The molecule has 0 aliphatic carbocycles. The van der Waals surface area contributed by atoms with E-state index in [0.29, 0.717) is 18.5 Å². The summed E-state index contributed by atoms with van der Waals surface area (Å²) in [5, 5.41) is 33.5. The van der Waals surface area contributed by atoms with Gasteiger partial charge in [-0.1, -0.05) is 11.8 Å². The molecule has 1 aliphatic heterocycles. The first-order valence-electron chi connectivity index (χ1n) is 8.38. The molecule has 0 spiro atoms. The van der Waals surface area contributed by atoms with E-state index in [1.807, 2.05) is 0 Å². The lowest BCUT2D eigenvalue weighted by atomic mass is 9.92. The van der Waals surface area contributed by atoms with Gasteiger partial charge in [0.1, 0.15) is 11.6 Å². The second kappa shape index (κ2) is 9.72. The van der Waals surface area contributed by atoms with Gasteiger partial charge in [0.2, 0.25) is 0 Å². The standard InChI is InChI=1S/C19H21N3O5/c23-12-4-2-1-3-5-14-6-8-15(9-7-14)17(24)21-16(18(25)22-27)19(26)10-11-20-13-19/h6-9,16,20,23,26-27H,4,10-13H2,(H,21,24)(H,22,25)/t16-,19?/m1/s1. The number of carbonyl (C=O) groups excluding carboxylic acids is 2. The molecule has 0 aromatic heterocycles. The maximum absolute atomic E-state index is 12.4. The summed E-state index contributed by atoms with van der Waals surface area (Å²) in [5.41, 5.74) is 0.919. The van der Waals surface area contributed by atoms with Crippen LogP contribution in [0, 0.1) is 23.7 Å². The van der Waals surface area contributed by atoms with Crippen LogP contribution in [0.15, 0.2) is 24.3 Å². The number of aliphatic hydroxyl groups excluding tert-OH is 1. The van der Waals surface area contributed by atoms with E-state index in [2.05, 4.69) is 34.3 Å². The molecule has 1 unspecified atom stereocenters. The lowest BCUT2D eigenvalue weighted by Crippen LogP contribution is -2.60. The number of amides is 2. The smallest absolute Gasteiger partial charge is 0.268 e. The van der Waals surface area contributed by atoms with Crippen LogP contribution in [0.4, 0.5) is 0 Å². The molecule has 27 heavy (non-hydrogen) atoms. The fourth-order valence-corrected chi connectivity index (χ4v) is 2.64. The van der Waals surface area contributed by atoms with Crippen LogP contribution in [0.1, 0.15) is 28.8 Å². The minimum atomic E-state index is -1.48. The van der Waals surface area contributed by atoms with Gasteiger partial charge in [0, 0.05) is 24.1 Å². The number of β-amino-alcohol motifs (C(OH)–C–C–N with tert-alkyl or cyclic N) is 1. The van der Waals surface area contributed by atoms with Crippen LogP contribution in [0.25, 0.3) is 0 Å². The summed E-state index contributed by atoms with van der Waals surface area (Å²) >= 11 is 0. The van der Waals surface area contributed by atoms with E-state index in [1.54, 1.807) is 12.1 Å². The van der Waals surface area contributed by atoms with Crippen LogP contribution < -0.4 is 16.1 Å². The van der Waals surface area contributed by atoms with Gasteiger partial charge in [-0.2, -0.15) is 0 Å². The molecule has 0 bridgehead atoms. The monoisotopic (exact) mass is 371 g/mol. The molecule has 6 N–H and O–H groups in total. The van der Waals surface area contributed by atoms with Crippen LogP contribution in [0.2, 0.25) is 0 Å². The molecule has 2 atom stereocenters. The van der Waals surface area contributed by atoms with Crippen LogP contribution >= 0.6 is 0 Å². The molecule has 0 saturated carbocycles. The third-order valence-corrected chi connectivity index (χ3v) is 4.09. The van der Waals surface area contributed by atoms with Gasteiger partial charge in [-0.25, -0.2) is 5.48 Å². The Hall–Kier alpha value is -2.88. The van der Waals surface area contributed by atoms with Crippen molar-refractivity contribution in [2.75, 3.05) is 19.7 Å². The summed E-state index contributed by atoms with van der Waals surface area (Å²) in [7, 11) is 0. The summed E-state index contributed by atoms with van der Waals surface area (Å²) < 4.78 is 0. The predicted molar refractivity (Wildman–Crippen MR) is 96.4 cm³/mol. The Kier molecular flexibility index (Phi) is 7.35. The third kappa shape index (κ3) is 5.55. The highest BCUT2D eigenvalue weighted by atomic mass is 16.5. The third-order valence-electron chi connectivity index (χ3n) is 4.09. The fourth-order valence-electron chi connectivity index (χ4n) is 2.64. The van der Waals surface area contributed by atoms with Gasteiger partial charge >= 0.3 is 0 Å². The first-order valence-corrected chi connectivity index (χ1v) is 8.38. The lowest BCUT2D eigenvalue weighted by molar-refractivity contribution is -0.137. The largest absolute Gasteiger partial charge is 0.395 e. The molecule has 8 heteroatoms. The second-order valence-corrected chi connectivity index (χ2v) is 6.02. The summed E-state index contributed by atoms with van der Waals surface area (Å²) in [4.78, 5) is 24.3. The first-order chi connectivity index (χ1) is 13.0. The highest BCUT2D eigenvalue weighted by Gasteiger charge is 2.44. The van der Waals surface area contributed by atoms with E-state index < -0.39 is 23.5 Å². The Morgan fingerprint density at radius 1 is 1.26 bits per heavy atom. The van der Waals surface area contributed by atoms with E-state index in [0.717, 1.165) is 0 Å². The van der Waals surface area contributed by atoms with E-state index in [1.165, 1.54) is 17.6 Å². The average molecular weight is 371 g/mol. The maximum Gasteiger partial charge on any atom is 0.268 e. The summed E-state index contributed by atoms with van der Waals surface area (Å²) in [6.45, 7) is 0.604. The Balaban J connectivity index is 2.07. The van der Waals surface area contributed by atoms with Crippen LogP contribution in [-0.4, -0.2) is 58.6 Å². The normalized spacial score (nSPS) is 19.1. The minimum absolute atomic E-state index is 0.0149. The SMILES string of the molecule is O=C(N[C@H](C(=O)NO)C1(O)CCNC1)c1ccc(C#CC#CCCO)cc1. The number of aliphatic hydroxyl groups is 2. The lowest BCUT2D eigenvalue weighted by Gasteiger charge is -2.30. The maximum atomic E-state index is 12.4. The zero-order valence-electron chi connectivity index (χ0n) is 14.6. The van der Waals surface area contributed by atoms with Crippen LogP contribution in [0.3, 0.4) is 0 Å². The van der Waals surface area contributed by atoms with E-state index >= 15 is 0 Å². The first kappa shape index (κ1) is 20.4. The number of hydrogen-bond donors (Lipinski definition) is 6. The molecule has 1 aromatic carbocycles. The Morgan fingerprint density at radius 3 is 2.59 bits per heavy atom. The molecule has 1 heterocycles. The zero-order valence-corrected chi connectivity index (χ0v) is 14.6. The van der Waals surface area contributed by atoms with Crippen molar-refractivity contribution in [3.8, 4) is 23.7 Å². The number of benzene rings is 1. The molecule has 2 rings (SSSR count). The van der Waals surface area contributed by atoms with Crippen molar-refractivity contribution in [1.82, 2.24) is 16.1 Å². The summed E-state index contributed by atoms with van der Waals surface area (Å²) in [6.07, 6.45) is 0.620. The average Bonchev–Trinajstić information content (AvgIpc) is 3.13. The van der Waals surface area contributed by atoms with Crippen LogP contribution in [0.5, 0.6) is 0 Å². The number of hydroxylamine groups is 1. The van der Waals surface area contributed by atoms with Gasteiger partial charge in [-0.15, -0.1) is 0 Å². The van der Waals surface area contributed by atoms with Gasteiger partial charge in [0.05, 0.1) is 6.61 Å². The molecule has 1 aromatic rings. The topological polar surface area (TPSA) is 131 Å². The van der Waals surface area contributed by atoms with Crippen molar-refractivity contribution in [2.45, 2.75) is 24.5 Å². The van der Waals surface area contributed by atoms with Crippen molar-refractivity contribution in [1.29, 1.82) is 0 Å². The van der Waals surface area contributed by atoms with Gasteiger partial charge in [-0.3, -0.25) is 14.8 Å². The number of carbonyl (C=O) groups is 2. The van der Waals surface area contributed by atoms with Crippen molar-refractivity contribution in [3.63, 3.8) is 0 Å². The van der Waals surface area contributed by atoms with E-state index in [-0.39, 0.29) is 25.1 Å².